The van der Waals surface area contributed by atoms with Crippen molar-refractivity contribution in [1.82, 2.24) is 0 Å². The first-order chi connectivity index (χ1) is 5.24. The van der Waals surface area contributed by atoms with Crippen LogP contribution in [0.1, 0.15) is 12.8 Å². The molecule has 0 N–H and O–H groups in total. The molecule has 0 amide bonds. The summed E-state index contributed by atoms with van der Waals surface area (Å²) in [5.74, 6) is -0.903. The van der Waals surface area contributed by atoms with Crippen LogP contribution in [0.4, 0.5) is 0 Å². The molecule has 64 valence electrons. The van der Waals surface area contributed by atoms with Crippen LogP contribution in [0.5, 0.6) is 0 Å². The zero-order valence-electron chi connectivity index (χ0n) is 7.42. The Bertz CT molecular complexity index is 85.4. The maximum absolute atomic E-state index is 5.33. The zero-order chi connectivity index (χ0) is 8.74. The van der Waals surface area contributed by atoms with Gasteiger partial charge >= 0.3 is 0 Å². The lowest BCUT2D eigenvalue weighted by molar-refractivity contribution is -0.354. The molecular formula is C7H15BO3. The van der Waals surface area contributed by atoms with Crippen LogP contribution < -0.4 is 0 Å². The molecular weight excluding hydrogens is 143 g/mol. The molecule has 0 saturated heterocycles. The Labute approximate surface area is 69.4 Å². The Balaban J connectivity index is 3.84. The molecule has 0 bridgehead atoms. The van der Waals surface area contributed by atoms with Gasteiger partial charge in [-0.2, -0.15) is 0 Å². The fourth-order valence-electron chi connectivity index (χ4n) is 0.875. The first-order valence-electron chi connectivity index (χ1n) is 3.60. The molecule has 0 aliphatic heterocycles. The quantitative estimate of drug-likeness (QED) is 0.425. The monoisotopic (exact) mass is 158 g/mol. The molecule has 0 aliphatic carbocycles. The highest BCUT2D eigenvalue weighted by molar-refractivity contribution is 6.08. The highest BCUT2D eigenvalue weighted by Crippen LogP contribution is 2.19. The van der Waals surface area contributed by atoms with Crippen molar-refractivity contribution < 1.29 is 14.2 Å². The Kier molecular flexibility index (Phi) is 5.55. The van der Waals surface area contributed by atoms with Crippen molar-refractivity contribution in [3.05, 3.63) is 0 Å². The second-order valence-electron chi connectivity index (χ2n) is 2.19. The summed E-state index contributed by atoms with van der Waals surface area (Å²) in [4.78, 5) is 0. The highest BCUT2D eigenvalue weighted by Gasteiger charge is 2.27. The summed E-state index contributed by atoms with van der Waals surface area (Å²) in [5, 5.41) is 0. The molecule has 0 rings (SSSR count). The van der Waals surface area contributed by atoms with Crippen LogP contribution >= 0.6 is 0 Å². The van der Waals surface area contributed by atoms with Gasteiger partial charge in [-0.3, -0.25) is 0 Å². The Morgan fingerprint density at radius 1 is 1.09 bits per heavy atom. The predicted octanol–water partition coefficient (Wildman–Crippen LogP) is 0.946. The third kappa shape index (κ3) is 3.23. The smallest absolute Gasteiger partial charge is 0.282 e. The molecule has 0 spiro atoms. The number of methoxy groups -OCH3 is 3. The third-order valence-electron chi connectivity index (χ3n) is 1.62. The minimum atomic E-state index is -0.903. The minimum absolute atomic E-state index is 0.609. The van der Waals surface area contributed by atoms with Gasteiger partial charge in [0.25, 0.3) is 5.97 Å². The van der Waals surface area contributed by atoms with Crippen LogP contribution in [-0.4, -0.2) is 35.1 Å². The van der Waals surface area contributed by atoms with Crippen LogP contribution in [-0.2, 0) is 14.2 Å². The van der Waals surface area contributed by atoms with Gasteiger partial charge in [-0.15, -0.1) is 0 Å². The average molecular weight is 158 g/mol. The van der Waals surface area contributed by atoms with Gasteiger partial charge in [0.1, 0.15) is 0 Å². The standard InChI is InChI=1S/C7H15BO3/c1-9-7(10-2,11-3)5-4-6-8/h4-6H2,1-3H3. The lowest BCUT2D eigenvalue weighted by Crippen LogP contribution is -2.35. The molecule has 0 heterocycles. The van der Waals surface area contributed by atoms with Gasteiger partial charge in [-0.05, 0) is 0 Å². The fraction of sp³-hybridized carbons (Fsp3) is 1.00. The summed E-state index contributed by atoms with van der Waals surface area (Å²) in [6.07, 6.45) is 2.07. The molecule has 0 aliphatic rings. The molecule has 4 heteroatoms. The van der Waals surface area contributed by atoms with E-state index in [-0.39, 0.29) is 0 Å². The van der Waals surface area contributed by atoms with Gasteiger partial charge in [0.05, 0.1) is 7.85 Å². The normalized spacial score (nSPS) is 11.9. The predicted molar refractivity (Wildman–Crippen MR) is 43.6 cm³/mol. The van der Waals surface area contributed by atoms with E-state index >= 15 is 0 Å². The lowest BCUT2D eigenvalue weighted by atomic mass is 10.00. The Morgan fingerprint density at radius 3 is 1.82 bits per heavy atom. The average Bonchev–Trinajstić information content (AvgIpc) is 2.08. The first kappa shape index (κ1) is 10.9. The maximum atomic E-state index is 5.33. The van der Waals surface area contributed by atoms with E-state index in [0.29, 0.717) is 12.7 Å². The van der Waals surface area contributed by atoms with Crippen molar-refractivity contribution in [1.29, 1.82) is 0 Å². The molecule has 0 fully saturated rings. The molecule has 3 nitrogen and oxygen atoms in total. The molecule has 0 aromatic carbocycles. The van der Waals surface area contributed by atoms with E-state index in [9.17, 15) is 0 Å². The Hall–Kier alpha value is -0.0551. The van der Waals surface area contributed by atoms with Gasteiger partial charge in [0.15, 0.2) is 0 Å². The number of hydrogen-bond acceptors (Lipinski definition) is 3. The van der Waals surface area contributed by atoms with Gasteiger partial charge in [0.2, 0.25) is 0 Å². The molecule has 11 heavy (non-hydrogen) atoms. The summed E-state index contributed by atoms with van der Waals surface area (Å²) >= 11 is 0. The zero-order valence-corrected chi connectivity index (χ0v) is 7.42. The van der Waals surface area contributed by atoms with E-state index in [4.69, 9.17) is 22.1 Å². The Morgan fingerprint density at radius 2 is 1.55 bits per heavy atom. The van der Waals surface area contributed by atoms with Crippen LogP contribution in [0.15, 0.2) is 0 Å². The van der Waals surface area contributed by atoms with Crippen molar-refractivity contribution in [3.63, 3.8) is 0 Å². The van der Waals surface area contributed by atoms with Crippen molar-refractivity contribution >= 4 is 7.85 Å². The second-order valence-corrected chi connectivity index (χ2v) is 2.19. The van der Waals surface area contributed by atoms with Crippen molar-refractivity contribution in [2.24, 2.45) is 0 Å². The van der Waals surface area contributed by atoms with Crippen LogP contribution in [0.3, 0.4) is 0 Å². The third-order valence-corrected chi connectivity index (χ3v) is 1.62. The van der Waals surface area contributed by atoms with Crippen molar-refractivity contribution in [2.45, 2.75) is 25.1 Å². The molecule has 0 aromatic heterocycles. The fourth-order valence-corrected chi connectivity index (χ4v) is 0.875. The summed E-state index contributed by atoms with van der Waals surface area (Å²) in [6, 6.07) is 0. The van der Waals surface area contributed by atoms with Gasteiger partial charge in [0, 0.05) is 27.8 Å². The van der Waals surface area contributed by atoms with E-state index < -0.39 is 5.97 Å². The minimum Gasteiger partial charge on any atom is -0.331 e. The van der Waals surface area contributed by atoms with Gasteiger partial charge in [-0.25, -0.2) is 0 Å². The van der Waals surface area contributed by atoms with Crippen LogP contribution in [0.2, 0.25) is 6.32 Å². The highest BCUT2D eigenvalue weighted by atomic mass is 16.9. The largest absolute Gasteiger partial charge is 0.331 e. The SMILES string of the molecule is [B]CCCC(OC)(OC)OC. The van der Waals surface area contributed by atoms with E-state index in [1.165, 1.54) is 0 Å². The lowest BCUT2D eigenvalue weighted by Gasteiger charge is -2.28. The summed E-state index contributed by atoms with van der Waals surface area (Å²) in [5.41, 5.74) is 0. The van der Waals surface area contributed by atoms with Crippen LogP contribution in [0, 0.1) is 0 Å². The number of rotatable bonds is 6. The molecule has 0 atom stereocenters. The van der Waals surface area contributed by atoms with E-state index in [1.807, 2.05) is 0 Å². The first-order valence-corrected chi connectivity index (χ1v) is 3.60. The van der Waals surface area contributed by atoms with E-state index in [0.717, 1.165) is 6.42 Å². The number of hydrogen-bond donors (Lipinski definition) is 0. The molecule has 2 radical (unpaired) electrons. The molecule has 0 aromatic rings. The summed E-state index contributed by atoms with van der Waals surface area (Å²) in [7, 11) is 9.97. The van der Waals surface area contributed by atoms with E-state index in [1.54, 1.807) is 21.3 Å². The van der Waals surface area contributed by atoms with Crippen molar-refractivity contribution in [3.8, 4) is 0 Å². The van der Waals surface area contributed by atoms with Gasteiger partial charge < -0.3 is 14.2 Å². The van der Waals surface area contributed by atoms with Crippen LogP contribution in [0.25, 0.3) is 0 Å². The number of ether oxygens (including phenoxy) is 3. The molecule has 0 unspecified atom stereocenters. The van der Waals surface area contributed by atoms with Gasteiger partial charge in [-0.1, -0.05) is 12.7 Å². The van der Waals surface area contributed by atoms with Crippen molar-refractivity contribution in [2.75, 3.05) is 21.3 Å². The summed E-state index contributed by atoms with van der Waals surface area (Å²) in [6.45, 7) is 0. The second kappa shape index (κ2) is 5.58. The molecule has 0 saturated carbocycles. The maximum Gasteiger partial charge on any atom is 0.282 e. The topological polar surface area (TPSA) is 27.7 Å². The van der Waals surface area contributed by atoms with E-state index in [2.05, 4.69) is 0 Å². The summed E-state index contributed by atoms with van der Waals surface area (Å²) < 4.78 is 15.1.